The van der Waals surface area contributed by atoms with Gasteiger partial charge in [-0.05, 0) is 25.3 Å². The van der Waals surface area contributed by atoms with Crippen molar-refractivity contribution >= 4 is 22.5 Å². The number of nitrogens with zero attached hydrogens (tertiary/aromatic N) is 2. The van der Waals surface area contributed by atoms with E-state index in [2.05, 4.69) is 17.2 Å². The number of anilines is 1. The van der Waals surface area contributed by atoms with Crippen LogP contribution < -0.4 is 5.32 Å². The van der Waals surface area contributed by atoms with Gasteiger partial charge in [-0.15, -0.1) is 11.3 Å². The Morgan fingerprint density at radius 2 is 2.13 bits per heavy atom. The fourth-order valence-electron chi connectivity index (χ4n) is 2.24. The number of aromatic nitrogens is 1. The zero-order chi connectivity index (χ0) is 16.7. The Bertz CT molecular complexity index is 615. The molecule has 6 heteroatoms. The molecule has 23 heavy (non-hydrogen) atoms. The standard InChI is InChI=1S/C17H23N3O2S/c1-3-15-11-18-16(23-15)19-17(22)20(13(2)9-10-21)12-14-7-5-4-6-8-14/h4-8,11,13,21H,3,9-10,12H2,1-2H3,(H,18,19,22). The van der Waals surface area contributed by atoms with Crippen LogP contribution in [0.3, 0.4) is 0 Å². The molecule has 0 aliphatic rings. The lowest BCUT2D eigenvalue weighted by Gasteiger charge is -2.28. The molecule has 0 saturated heterocycles. The quantitative estimate of drug-likeness (QED) is 0.815. The van der Waals surface area contributed by atoms with Crippen LogP contribution in [0.1, 0.15) is 30.7 Å². The molecular weight excluding hydrogens is 310 g/mol. The van der Waals surface area contributed by atoms with Crippen LogP contribution in [0, 0.1) is 0 Å². The number of thiazole rings is 1. The molecule has 0 saturated carbocycles. The summed E-state index contributed by atoms with van der Waals surface area (Å²) in [5.74, 6) is 0. The first-order valence-electron chi connectivity index (χ1n) is 7.81. The summed E-state index contributed by atoms with van der Waals surface area (Å²) in [6, 6.07) is 9.59. The van der Waals surface area contributed by atoms with E-state index in [9.17, 15) is 9.90 Å². The number of hydrogen-bond acceptors (Lipinski definition) is 4. The Morgan fingerprint density at radius 3 is 2.74 bits per heavy atom. The average Bonchev–Trinajstić information content (AvgIpc) is 3.01. The van der Waals surface area contributed by atoms with Crippen molar-refractivity contribution in [1.82, 2.24) is 9.88 Å². The van der Waals surface area contributed by atoms with Crippen molar-refractivity contribution in [2.75, 3.05) is 11.9 Å². The molecule has 1 aromatic carbocycles. The number of benzene rings is 1. The molecule has 124 valence electrons. The minimum absolute atomic E-state index is 0.0526. The van der Waals surface area contributed by atoms with Crippen LogP contribution in [0.5, 0.6) is 0 Å². The molecule has 0 aliphatic heterocycles. The molecule has 1 unspecified atom stereocenters. The van der Waals surface area contributed by atoms with E-state index in [0.717, 1.165) is 16.9 Å². The first kappa shape index (κ1) is 17.4. The van der Waals surface area contributed by atoms with E-state index in [4.69, 9.17) is 0 Å². The molecule has 0 spiro atoms. The molecule has 0 radical (unpaired) electrons. The highest BCUT2D eigenvalue weighted by Gasteiger charge is 2.21. The smallest absolute Gasteiger partial charge is 0.324 e. The highest BCUT2D eigenvalue weighted by atomic mass is 32.1. The number of nitrogens with one attached hydrogen (secondary N) is 1. The van der Waals surface area contributed by atoms with Gasteiger partial charge >= 0.3 is 6.03 Å². The highest BCUT2D eigenvalue weighted by Crippen LogP contribution is 2.20. The lowest BCUT2D eigenvalue weighted by atomic mass is 10.1. The Balaban J connectivity index is 2.10. The second-order valence-electron chi connectivity index (χ2n) is 5.39. The summed E-state index contributed by atoms with van der Waals surface area (Å²) < 4.78 is 0. The molecule has 1 heterocycles. The monoisotopic (exact) mass is 333 g/mol. The topological polar surface area (TPSA) is 65.5 Å². The van der Waals surface area contributed by atoms with E-state index in [0.29, 0.717) is 18.1 Å². The zero-order valence-electron chi connectivity index (χ0n) is 13.5. The number of carbonyl (C=O) groups is 1. The Labute approximate surface area is 141 Å². The Kier molecular flexibility index (Phi) is 6.55. The Morgan fingerprint density at radius 1 is 1.39 bits per heavy atom. The predicted molar refractivity (Wildman–Crippen MR) is 93.7 cm³/mol. The lowest BCUT2D eigenvalue weighted by molar-refractivity contribution is 0.169. The van der Waals surface area contributed by atoms with E-state index in [1.165, 1.54) is 11.3 Å². The van der Waals surface area contributed by atoms with Crippen molar-refractivity contribution in [2.24, 2.45) is 0 Å². The van der Waals surface area contributed by atoms with Gasteiger partial charge in [0.1, 0.15) is 0 Å². The third kappa shape index (κ3) is 5.04. The van der Waals surface area contributed by atoms with Gasteiger partial charge in [-0.3, -0.25) is 5.32 Å². The van der Waals surface area contributed by atoms with Crippen molar-refractivity contribution in [1.29, 1.82) is 0 Å². The van der Waals surface area contributed by atoms with Crippen molar-refractivity contribution in [3.05, 3.63) is 47.0 Å². The zero-order valence-corrected chi connectivity index (χ0v) is 14.3. The number of aryl methyl sites for hydroxylation is 1. The molecule has 5 nitrogen and oxygen atoms in total. The minimum atomic E-state index is -0.188. The molecule has 1 atom stereocenters. The van der Waals surface area contributed by atoms with Crippen molar-refractivity contribution in [3.63, 3.8) is 0 Å². The Hall–Kier alpha value is -1.92. The normalized spacial score (nSPS) is 12.0. The number of rotatable bonds is 7. The van der Waals surface area contributed by atoms with Crippen LogP contribution in [0.15, 0.2) is 36.5 Å². The molecule has 2 amide bonds. The summed E-state index contributed by atoms with van der Waals surface area (Å²) in [4.78, 5) is 19.7. The van der Waals surface area contributed by atoms with Crippen LogP contribution >= 0.6 is 11.3 Å². The lowest BCUT2D eigenvalue weighted by Crippen LogP contribution is -2.41. The third-order valence-corrected chi connectivity index (χ3v) is 4.71. The molecule has 2 rings (SSSR count). The third-order valence-electron chi connectivity index (χ3n) is 3.65. The maximum atomic E-state index is 12.6. The van der Waals surface area contributed by atoms with E-state index in [-0.39, 0.29) is 18.7 Å². The first-order valence-corrected chi connectivity index (χ1v) is 8.62. The van der Waals surface area contributed by atoms with Crippen LogP contribution in [-0.2, 0) is 13.0 Å². The van der Waals surface area contributed by atoms with Gasteiger partial charge in [0.25, 0.3) is 0 Å². The number of urea groups is 1. The maximum Gasteiger partial charge on any atom is 0.324 e. The molecule has 0 bridgehead atoms. The van der Waals surface area contributed by atoms with E-state index in [1.54, 1.807) is 11.1 Å². The molecule has 0 fully saturated rings. The van der Waals surface area contributed by atoms with Gasteiger partial charge in [0.2, 0.25) is 0 Å². The van der Waals surface area contributed by atoms with Gasteiger partial charge < -0.3 is 10.0 Å². The van der Waals surface area contributed by atoms with Gasteiger partial charge in [-0.2, -0.15) is 0 Å². The number of hydrogen-bond donors (Lipinski definition) is 2. The highest BCUT2D eigenvalue weighted by molar-refractivity contribution is 7.15. The second kappa shape index (κ2) is 8.64. The average molecular weight is 333 g/mol. The fraction of sp³-hybridized carbons (Fsp3) is 0.412. The summed E-state index contributed by atoms with van der Waals surface area (Å²) in [6.07, 6.45) is 3.24. The number of amides is 2. The molecule has 1 aromatic heterocycles. The minimum Gasteiger partial charge on any atom is -0.396 e. The predicted octanol–water partition coefficient (Wildman–Crippen LogP) is 3.51. The summed E-state index contributed by atoms with van der Waals surface area (Å²) in [6.45, 7) is 4.55. The van der Waals surface area contributed by atoms with E-state index in [1.807, 2.05) is 37.3 Å². The number of aliphatic hydroxyl groups is 1. The summed E-state index contributed by atoms with van der Waals surface area (Å²) in [5, 5.41) is 12.7. The largest absolute Gasteiger partial charge is 0.396 e. The summed E-state index contributed by atoms with van der Waals surface area (Å²) in [5.41, 5.74) is 1.06. The van der Waals surface area contributed by atoms with Gasteiger partial charge in [0.15, 0.2) is 5.13 Å². The van der Waals surface area contributed by atoms with Crippen LogP contribution in [0.4, 0.5) is 9.93 Å². The summed E-state index contributed by atoms with van der Waals surface area (Å²) >= 11 is 1.49. The van der Waals surface area contributed by atoms with Crippen molar-refractivity contribution in [2.45, 2.75) is 39.3 Å². The van der Waals surface area contributed by atoms with Crippen molar-refractivity contribution < 1.29 is 9.90 Å². The molecule has 2 aromatic rings. The van der Waals surface area contributed by atoms with Crippen molar-refractivity contribution in [3.8, 4) is 0 Å². The number of aliphatic hydroxyl groups excluding tert-OH is 1. The van der Waals surface area contributed by atoms with Gasteiger partial charge in [0.05, 0.1) is 0 Å². The first-order chi connectivity index (χ1) is 11.1. The maximum absolute atomic E-state index is 12.6. The fourth-order valence-corrected chi connectivity index (χ4v) is 2.98. The van der Waals surface area contributed by atoms with E-state index >= 15 is 0 Å². The van der Waals surface area contributed by atoms with Gasteiger partial charge in [-0.1, -0.05) is 37.3 Å². The van der Waals surface area contributed by atoms with Gasteiger partial charge in [0, 0.05) is 30.3 Å². The SMILES string of the molecule is CCc1cnc(NC(=O)N(Cc2ccccc2)C(C)CCO)s1. The van der Waals surface area contributed by atoms with Crippen LogP contribution in [0.25, 0.3) is 0 Å². The van der Waals surface area contributed by atoms with Crippen LogP contribution in [0.2, 0.25) is 0 Å². The van der Waals surface area contributed by atoms with Gasteiger partial charge in [-0.25, -0.2) is 9.78 Å². The molecule has 0 aliphatic carbocycles. The van der Waals surface area contributed by atoms with E-state index < -0.39 is 0 Å². The van der Waals surface area contributed by atoms with Crippen LogP contribution in [-0.4, -0.2) is 33.7 Å². The summed E-state index contributed by atoms with van der Waals surface area (Å²) in [7, 11) is 0. The second-order valence-corrected chi connectivity index (χ2v) is 6.51. The molecular formula is C17H23N3O2S. The molecule has 2 N–H and O–H groups in total. The number of carbonyl (C=O) groups excluding carboxylic acids is 1.